The van der Waals surface area contributed by atoms with Crippen molar-refractivity contribution in [3.63, 3.8) is 0 Å². The van der Waals surface area contributed by atoms with Crippen LogP contribution >= 0.6 is 0 Å². The molecule has 0 aromatic heterocycles. The van der Waals surface area contributed by atoms with Crippen molar-refractivity contribution in [2.24, 2.45) is 0 Å². The molecule has 0 saturated carbocycles. The second kappa shape index (κ2) is 7.58. The molecule has 1 aromatic rings. The van der Waals surface area contributed by atoms with Crippen LogP contribution < -0.4 is 4.90 Å². The predicted molar refractivity (Wildman–Crippen MR) is 92.2 cm³/mol. The Balaban J connectivity index is 2.67. The van der Waals surface area contributed by atoms with Crippen LogP contribution in [0.5, 0.6) is 0 Å². The topological polar surface area (TPSA) is 40.5 Å². The number of carboxylic acid groups (broad SMARTS) is 1. The Morgan fingerprint density at radius 3 is 2.83 bits per heavy atom. The number of carboxylic acids is 1. The molecule has 1 aliphatic rings. The molecule has 0 fully saturated rings. The van der Waals surface area contributed by atoms with Gasteiger partial charge in [-0.2, -0.15) is 4.39 Å². The van der Waals surface area contributed by atoms with Gasteiger partial charge in [-0.3, -0.25) is 0 Å². The Labute approximate surface area is 135 Å². The maximum absolute atomic E-state index is 14.2. The van der Waals surface area contributed by atoms with Crippen molar-refractivity contribution in [1.82, 2.24) is 0 Å². The minimum Gasteiger partial charge on any atom is -0.476 e. The number of fused-ring (bicyclic) bond motifs is 1. The van der Waals surface area contributed by atoms with Crippen LogP contribution in [0.4, 0.5) is 10.1 Å². The van der Waals surface area contributed by atoms with Gasteiger partial charge in [0.1, 0.15) is 0 Å². The molecular formula is C19H20FNO2. The smallest absolute Gasteiger partial charge is 0.365 e. The Morgan fingerprint density at radius 1 is 1.39 bits per heavy atom. The summed E-state index contributed by atoms with van der Waals surface area (Å²) in [5.74, 6) is -2.74. The largest absolute Gasteiger partial charge is 0.476 e. The van der Waals surface area contributed by atoms with E-state index in [0.29, 0.717) is 12.1 Å². The van der Waals surface area contributed by atoms with Gasteiger partial charge in [-0.1, -0.05) is 49.1 Å². The van der Waals surface area contributed by atoms with Gasteiger partial charge in [0.25, 0.3) is 0 Å². The first-order valence-corrected chi connectivity index (χ1v) is 7.50. The fourth-order valence-electron chi connectivity index (χ4n) is 2.86. The van der Waals surface area contributed by atoms with Crippen molar-refractivity contribution < 1.29 is 14.3 Å². The monoisotopic (exact) mass is 313 g/mol. The highest BCUT2D eigenvalue weighted by atomic mass is 19.1. The summed E-state index contributed by atoms with van der Waals surface area (Å²) in [7, 11) is 0. The average Bonchev–Trinajstić information content (AvgIpc) is 2.55. The number of carbonyl (C=O) groups is 1. The summed E-state index contributed by atoms with van der Waals surface area (Å²) >= 11 is 0. The van der Waals surface area contributed by atoms with E-state index in [1.54, 1.807) is 12.1 Å². The van der Waals surface area contributed by atoms with E-state index in [4.69, 9.17) is 5.11 Å². The molecule has 23 heavy (non-hydrogen) atoms. The molecule has 1 N–H and O–H groups in total. The fourth-order valence-corrected chi connectivity index (χ4v) is 2.86. The van der Waals surface area contributed by atoms with Crippen molar-refractivity contribution in [2.75, 3.05) is 18.0 Å². The highest BCUT2D eigenvalue weighted by Gasteiger charge is 2.23. The first-order chi connectivity index (χ1) is 11.1. The van der Waals surface area contributed by atoms with E-state index in [1.165, 1.54) is 18.2 Å². The number of para-hydroxylation sites is 1. The highest BCUT2D eigenvalue weighted by molar-refractivity contribution is 5.99. The first kappa shape index (κ1) is 16.7. The zero-order valence-corrected chi connectivity index (χ0v) is 13.0. The van der Waals surface area contributed by atoms with E-state index in [2.05, 4.69) is 18.1 Å². The molecule has 0 atom stereocenters. The zero-order valence-electron chi connectivity index (χ0n) is 13.0. The minimum atomic E-state index is -1.57. The number of aliphatic carboxylic acids is 1. The summed E-state index contributed by atoms with van der Waals surface area (Å²) in [5.41, 5.74) is 2.63. The quantitative estimate of drug-likeness (QED) is 0.487. The molecule has 0 radical (unpaired) electrons. The molecule has 0 spiro atoms. The molecule has 0 aliphatic carbocycles. The van der Waals surface area contributed by atoms with E-state index in [0.717, 1.165) is 30.6 Å². The van der Waals surface area contributed by atoms with Crippen molar-refractivity contribution in [2.45, 2.75) is 12.8 Å². The lowest BCUT2D eigenvalue weighted by atomic mass is 9.93. The number of aryl methyl sites for hydroxylation is 1. The van der Waals surface area contributed by atoms with E-state index in [9.17, 15) is 9.18 Å². The molecule has 2 rings (SSSR count). The molecule has 120 valence electrons. The Morgan fingerprint density at radius 2 is 2.17 bits per heavy atom. The third kappa shape index (κ3) is 3.59. The fraction of sp³-hybridized carbons (Fsp3) is 0.211. The van der Waals surface area contributed by atoms with Gasteiger partial charge in [0.15, 0.2) is 0 Å². The predicted octanol–water partition coefficient (Wildman–Crippen LogP) is 4.13. The molecule has 1 aliphatic heterocycles. The lowest BCUT2D eigenvalue weighted by Crippen LogP contribution is -2.30. The molecule has 3 nitrogen and oxygen atoms in total. The lowest BCUT2D eigenvalue weighted by molar-refractivity contribution is -0.134. The third-order valence-electron chi connectivity index (χ3n) is 3.77. The Hall–Kier alpha value is -2.62. The van der Waals surface area contributed by atoms with Gasteiger partial charge in [-0.25, -0.2) is 4.79 Å². The molecule has 0 bridgehead atoms. The normalized spacial score (nSPS) is 15.1. The number of benzene rings is 1. The van der Waals surface area contributed by atoms with Crippen LogP contribution in [-0.4, -0.2) is 24.2 Å². The van der Waals surface area contributed by atoms with Gasteiger partial charge in [-0.05, 0) is 18.4 Å². The van der Waals surface area contributed by atoms with E-state index < -0.39 is 11.8 Å². The van der Waals surface area contributed by atoms with Crippen molar-refractivity contribution in [3.05, 3.63) is 72.6 Å². The van der Waals surface area contributed by atoms with Gasteiger partial charge in [0, 0.05) is 29.9 Å². The number of nitrogens with zero attached hydrogens (tertiary/aromatic N) is 1. The zero-order chi connectivity index (χ0) is 16.8. The summed E-state index contributed by atoms with van der Waals surface area (Å²) in [6.07, 6.45) is 8.18. The van der Waals surface area contributed by atoms with Crippen molar-refractivity contribution in [3.8, 4) is 0 Å². The van der Waals surface area contributed by atoms with Gasteiger partial charge in [-0.15, -0.1) is 6.58 Å². The van der Waals surface area contributed by atoms with Crippen LogP contribution in [0, 0.1) is 0 Å². The first-order valence-electron chi connectivity index (χ1n) is 7.50. The lowest BCUT2D eigenvalue weighted by Gasteiger charge is -2.32. The van der Waals surface area contributed by atoms with Crippen LogP contribution in [0.1, 0.15) is 17.5 Å². The molecule has 0 saturated heterocycles. The number of hydrogen-bond acceptors (Lipinski definition) is 2. The second-order valence-corrected chi connectivity index (χ2v) is 5.28. The summed E-state index contributed by atoms with van der Waals surface area (Å²) in [4.78, 5) is 13.2. The number of rotatable bonds is 6. The van der Waals surface area contributed by atoms with Gasteiger partial charge in [0.05, 0.1) is 0 Å². The van der Waals surface area contributed by atoms with Crippen LogP contribution in [0.15, 0.2) is 61.5 Å². The van der Waals surface area contributed by atoms with Crippen LogP contribution in [0.25, 0.3) is 5.57 Å². The standard InChI is InChI=1S/C19H20FNO2/c1-3-5-10-15(17(20)19(22)23)16-11-6-8-14-9-7-13-21(12-4-2)18(14)16/h3-6,8,10-11H,1-2,7,9,12-13H2,(H,22,23). The number of hydrogen-bond donors (Lipinski definition) is 1. The molecule has 1 heterocycles. The SMILES string of the molecule is C=CC=CC(=C(F)C(=O)O)c1cccc2c1N(CC=C)CCC2. The van der Waals surface area contributed by atoms with Crippen LogP contribution in [-0.2, 0) is 11.2 Å². The Kier molecular flexibility index (Phi) is 5.52. The molecule has 4 heteroatoms. The van der Waals surface area contributed by atoms with E-state index in [-0.39, 0.29) is 5.57 Å². The molecule has 0 amide bonds. The van der Waals surface area contributed by atoms with Crippen molar-refractivity contribution >= 4 is 17.2 Å². The minimum absolute atomic E-state index is 0.0604. The van der Waals surface area contributed by atoms with Gasteiger partial charge in [0.2, 0.25) is 5.83 Å². The third-order valence-corrected chi connectivity index (χ3v) is 3.77. The number of anilines is 1. The van der Waals surface area contributed by atoms with Gasteiger partial charge >= 0.3 is 5.97 Å². The maximum atomic E-state index is 14.2. The highest BCUT2D eigenvalue weighted by Crippen LogP contribution is 2.37. The van der Waals surface area contributed by atoms with Crippen LogP contribution in [0.2, 0.25) is 0 Å². The maximum Gasteiger partial charge on any atom is 0.365 e. The van der Waals surface area contributed by atoms with E-state index >= 15 is 0 Å². The number of halogens is 1. The number of allylic oxidation sites excluding steroid dienone is 4. The summed E-state index contributed by atoms with van der Waals surface area (Å²) in [6, 6.07) is 5.59. The molecular weight excluding hydrogens is 293 g/mol. The average molecular weight is 313 g/mol. The summed E-state index contributed by atoms with van der Waals surface area (Å²) in [5, 5.41) is 9.06. The van der Waals surface area contributed by atoms with Crippen LogP contribution in [0.3, 0.4) is 0 Å². The summed E-state index contributed by atoms with van der Waals surface area (Å²) in [6.45, 7) is 8.80. The van der Waals surface area contributed by atoms with Gasteiger partial charge < -0.3 is 10.0 Å². The van der Waals surface area contributed by atoms with Crippen molar-refractivity contribution in [1.29, 1.82) is 0 Å². The van der Waals surface area contributed by atoms with E-state index in [1.807, 2.05) is 12.1 Å². The molecule has 1 aromatic carbocycles. The molecule has 0 unspecified atom stereocenters. The second-order valence-electron chi connectivity index (χ2n) is 5.28. The Bertz CT molecular complexity index is 689. The summed E-state index contributed by atoms with van der Waals surface area (Å²) < 4.78 is 14.2.